The molecule has 0 aromatic carbocycles. The minimum atomic E-state index is 0.467. The van der Waals surface area contributed by atoms with Crippen molar-refractivity contribution >= 4 is 11.8 Å². The summed E-state index contributed by atoms with van der Waals surface area (Å²) in [7, 11) is 0. The zero-order valence-electron chi connectivity index (χ0n) is 9.01. The van der Waals surface area contributed by atoms with E-state index in [2.05, 4.69) is 25.6 Å². The van der Waals surface area contributed by atoms with Crippen molar-refractivity contribution in [2.24, 2.45) is 17.1 Å². The molecule has 1 nitrogen and oxygen atoms in total. The topological polar surface area (TPSA) is 26.0 Å². The van der Waals surface area contributed by atoms with E-state index in [0.717, 1.165) is 12.5 Å². The summed E-state index contributed by atoms with van der Waals surface area (Å²) < 4.78 is 0. The highest BCUT2D eigenvalue weighted by Crippen LogP contribution is 2.47. The molecule has 0 amide bonds. The van der Waals surface area contributed by atoms with Gasteiger partial charge in [0, 0.05) is 0 Å². The number of rotatable bonds is 7. The molecular weight excluding hydrogens is 178 g/mol. The van der Waals surface area contributed by atoms with E-state index in [4.69, 9.17) is 5.73 Å². The Balaban J connectivity index is 2.15. The average molecular weight is 201 g/mol. The lowest BCUT2D eigenvalue weighted by molar-refractivity contribution is 0.258. The van der Waals surface area contributed by atoms with Gasteiger partial charge in [-0.05, 0) is 55.1 Å². The first kappa shape index (κ1) is 11.4. The molecule has 2 N–H and O–H groups in total. The van der Waals surface area contributed by atoms with E-state index in [9.17, 15) is 0 Å². The molecule has 0 radical (unpaired) electrons. The van der Waals surface area contributed by atoms with E-state index in [1.54, 1.807) is 0 Å². The van der Waals surface area contributed by atoms with Crippen molar-refractivity contribution < 1.29 is 0 Å². The van der Waals surface area contributed by atoms with Crippen LogP contribution in [-0.2, 0) is 0 Å². The summed E-state index contributed by atoms with van der Waals surface area (Å²) in [5.74, 6) is 3.52. The lowest BCUT2D eigenvalue weighted by Crippen LogP contribution is -2.29. The van der Waals surface area contributed by atoms with Gasteiger partial charge < -0.3 is 5.73 Å². The van der Waals surface area contributed by atoms with Gasteiger partial charge in [-0.3, -0.25) is 0 Å². The summed E-state index contributed by atoms with van der Waals surface area (Å²) in [6.45, 7) is 5.49. The quantitative estimate of drug-likeness (QED) is 0.641. The molecule has 0 aromatic rings. The van der Waals surface area contributed by atoms with Crippen molar-refractivity contribution in [3.8, 4) is 0 Å². The fourth-order valence-corrected chi connectivity index (χ4v) is 2.61. The molecule has 78 valence electrons. The van der Waals surface area contributed by atoms with Gasteiger partial charge in [0.05, 0.1) is 0 Å². The molecule has 1 aliphatic rings. The normalized spacial score (nSPS) is 21.5. The Kier molecular flexibility index (Phi) is 4.60. The Morgan fingerprint density at radius 3 is 2.62 bits per heavy atom. The third kappa shape index (κ3) is 3.51. The second-order valence-corrected chi connectivity index (χ2v) is 5.83. The SMILES string of the molecule is CCSCCCC(C)(CN)C1CC1. The van der Waals surface area contributed by atoms with Crippen molar-refractivity contribution in [1.29, 1.82) is 0 Å². The Morgan fingerprint density at radius 2 is 2.15 bits per heavy atom. The van der Waals surface area contributed by atoms with Crippen LogP contribution in [0.15, 0.2) is 0 Å². The van der Waals surface area contributed by atoms with Crippen LogP contribution in [0.3, 0.4) is 0 Å². The number of hydrogen-bond acceptors (Lipinski definition) is 2. The van der Waals surface area contributed by atoms with Crippen LogP contribution in [0.2, 0.25) is 0 Å². The molecule has 1 atom stereocenters. The molecule has 13 heavy (non-hydrogen) atoms. The summed E-state index contributed by atoms with van der Waals surface area (Å²) in [5, 5.41) is 0. The summed E-state index contributed by atoms with van der Waals surface area (Å²) in [6, 6.07) is 0. The zero-order chi connectivity index (χ0) is 9.73. The van der Waals surface area contributed by atoms with Gasteiger partial charge in [0.1, 0.15) is 0 Å². The monoisotopic (exact) mass is 201 g/mol. The van der Waals surface area contributed by atoms with Crippen molar-refractivity contribution in [3.05, 3.63) is 0 Å². The average Bonchev–Trinajstić information content (AvgIpc) is 2.95. The van der Waals surface area contributed by atoms with Crippen molar-refractivity contribution in [2.75, 3.05) is 18.1 Å². The third-order valence-corrected chi connectivity index (χ3v) is 4.26. The first-order valence-electron chi connectivity index (χ1n) is 5.50. The van der Waals surface area contributed by atoms with Gasteiger partial charge in [-0.2, -0.15) is 11.8 Å². The minimum absolute atomic E-state index is 0.467. The van der Waals surface area contributed by atoms with E-state index in [1.807, 2.05) is 0 Å². The van der Waals surface area contributed by atoms with E-state index in [1.165, 1.54) is 37.2 Å². The van der Waals surface area contributed by atoms with Gasteiger partial charge >= 0.3 is 0 Å². The second kappa shape index (κ2) is 5.26. The van der Waals surface area contributed by atoms with Gasteiger partial charge in [-0.15, -0.1) is 0 Å². The van der Waals surface area contributed by atoms with Crippen LogP contribution in [0.25, 0.3) is 0 Å². The Labute approximate surface area is 86.8 Å². The fourth-order valence-electron chi connectivity index (χ4n) is 1.98. The molecule has 1 rings (SSSR count). The molecule has 2 heteroatoms. The third-order valence-electron chi connectivity index (χ3n) is 3.27. The highest BCUT2D eigenvalue weighted by Gasteiger charge is 2.39. The fraction of sp³-hybridized carbons (Fsp3) is 1.00. The molecule has 0 spiro atoms. The van der Waals surface area contributed by atoms with Crippen LogP contribution in [0, 0.1) is 11.3 Å². The van der Waals surface area contributed by atoms with E-state index < -0.39 is 0 Å². The maximum Gasteiger partial charge on any atom is -0.00205 e. The Bertz CT molecular complexity index is 145. The maximum absolute atomic E-state index is 5.86. The molecule has 0 heterocycles. The van der Waals surface area contributed by atoms with Gasteiger partial charge in [-0.25, -0.2) is 0 Å². The molecule has 1 saturated carbocycles. The van der Waals surface area contributed by atoms with Crippen LogP contribution in [0.4, 0.5) is 0 Å². The van der Waals surface area contributed by atoms with Gasteiger partial charge in [0.15, 0.2) is 0 Å². The van der Waals surface area contributed by atoms with Gasteiger partial charge in [-0.1, -0.05) is 13.8 Å². The lowest BCUT2D eigenvalue weighted by Gasteiger charge is -2.27. The van der Waals surface area contributed by atoms with Crippen molar-refractivity contribution in [1.82, 2.24) is 0 Å². The molecule has 0 bridgehead atoms. The standard InChI is InChI=1S/C11H23NS/c1-3-13-8-4-7-11(2,9-12)10-5-6-10/h10H,3-9,12H2,1-2H3. The summed E-state index contributed by atoms with van der Waals surface area (Å²) in [5.41, 5.74) is 6.32. The molecule has 0 aromatic heterocycles. The lowest BCUT2D eigenvalue weighted by atomic mass is 9.81. The van der Waals surface area contributed by atoms with E-state index in [0.29, 0.717) is 5.41 Å². The number of thioether (sulfide) groups is 1. The predicted molar refractivity (Wildman–Crippen MR) is 62.1 cm³/mol. The maximum atomic E-state index is 5.86. The molecule has 0 aliphatic heterocycles. The van der Waals surface area contributed by atoms with Crippen LogP contribution in [0.5, 0.6) is 0 Å². The largest absolute Gasteiger partial charge is 0.330 e. The van der Waals surface area contributed by atoms with Crippen molar-refractivity contribution in [3.63, 3.8) is 0 Å². The van der Waals surface area contributed by atoms with Crippen LogP contribution < -0.4 is 5.73 Å². The molecular formula is C11H23NS. The summed E-state index contributed by atoms with van der Waals surface area (Å²) in [6.07, 6.45) is 5.53. The first-order chi connectivity index (χ1) is 6.23. The number of nitrogens with two attached hydrogens (primary N) is 1. The van der Waals surface area contributed by atoms with Crippen molar-refractivity contribution in [2.45, 2.75) is 39.5 Å². The highest BCUT2D eigenvalue weighted by molar-refractivity contribution is 7.99. The van der Waals surface area contributed by atoms with Gasteiger partial charge in [0.2, 0.25) is 0 Å². The predicted octanol–water partition coefficient (Wildman–Crippen LogP) is 2.89. The Morgan fingerprint density at radius 1 is 1.46 bits per heavy atom. The Hall–Kier alpha value is 0.310. The first-order valence-corrected chi connectivity index (χ1v) is 6.66. The van der Waals surface area contributed by atoms with E-state index in [-0.39, 0.29) is 0 Å². The smallest absolute Gasteiger partial charge is 0.00205 e. The second-order valence-electron chi connectivity index (χ2n) is 4.43. The van der Waals surface area contributed by atoms with E-state index >= 15 is 0 Å². The van der Waals surface area contributed by atoms with Crippen LogP contribution >= 0.6 is 11.8 Å². The van der Waals surface area contributed by atoms with Crippen LogP contribution in [-0.4, -0.2) is 18.1 Å². The zero-order valence-corrected chi connectivity index (χ0v) is 9.83. The molecule has 0 saturated heterocycles. The molecule has 1 aliphatic carbocycles. The summed E-state index contributed by atoms with van der Waals surface area (Å²) in [4.78, 5) is 0. The van der Waals surface area contributed by atoms with Gasteiger partial charge in [0.25, 0.3) is 0 Å². The minimum Gasteiger partial charge on any atom is -0.330 e. The number of hydrogen-bond donors (Lipinski definition) is 1. The highest BCUT2D eigenvalue weighted by atomic mass is 32.2. The molecule has 1 unspecified atom stereocenters. The molecule has 1 fully saturated rings. The summed E-state index contributed by atoms with van der Waals surface area (Å²) >= 11 is 2.05. The van der Waals surface area contributed by atoms with Crippen LogP contribution in [0.1, 0.15) is 39.5 Å².